The molecule has 0 amide bonds. The molecule has 0 aromatic carbocycles. The topological polar surface area (TPSA) is 64.3 Å². The van der Waals surface area contributed by atoms with Crippen LogP contribution in [0.5, 0.6) is 5.75 Å². The van der Waals surface area contributed by atoms with Gasteiger partial charge < -0.3 is 14.4 Å². The van der Waals surface area contributed by atoms with Crippen LogP contribution in [0.1, 0.15) is 23.1 Å². The molecule has 18 heavy (non-hydrogen) atoms. The molecule has 0 bridgehead atoms. The number of rotatable bonds is 2. The van der Waals surface area contributed by atoms with Crippen molar-refractivity contribution < 1.29 is 14.6 Å². The van der Waals surface area contributed by atoms with Gasteiger partial charge in [-0.15, -0.1) is 0 Å². The second kappa shape index (κ2) is 4.61. The number of nitrogens with zero attached hydrogens (tertiary/aromatic N) is 2. The highest BCUT2D eigenvalue weighted by atomic mass is 79.9. The number of esters is 1. The fraction of sp³-hybridized carbons (Fsp3) is 0.333. The van der Waals surface area contributed by atoms with Crippen molar-refractivity contribution in [1.29, 1.82) is 0 Å². The van der Waals surface area contributed by atoms with E-state index in [1.165, 1.54) is 0 Å². The van der Waals surface area contributed by atoms with Gasteiger partial charge in [0.15, 0.2) is 11.4 Å². The minimum atomic E-state index is -0.552. The highest BCUT2D eigenvalue weighted by molar-refractivity contribution is 9.10. The van der Waals surface area contributed by atoms with E-state index in [0.717, 1.165) is 10.2 Å². The Morgan fingerprint density at radius 1 is 1.61 bits per heavy atom. The van der Waals surface area contributed by atoms with Crippen LogP contribution in [-0.2, 0) is 11.8 Å². The minimum Gasteiger partial charge on any atom is -0.505 e. The van der Waals surface area contributed by atoms with Crippen LogP contribution in [0.4, 0.5) is 0 Å². The summed E-state index contributed by atoms with van der Waals surface area (Å²) in [5.74, 6) is -0.650. The van der Waals surface area contributed by atoms with Crippen LogP contribution in [0.2, 0.25) is 0 Å². The molecule has 0 saturated heterocycles. The molecule has 0 aliphatic carbocycles. The normalized spacial score (nSPS) is 10.9. The first kappa shape index (κ1) is 12.9. The maximum absolute atomic E-state index is 11.8. The molecule has 0 atom stereocenters. The van der Waals surface area contributed by atoms with Gasteiger partial charge >= 0.3 is 5.97 Å². The number of carbonyl (C=O) groups excluding carboxylic acids is 1. The summed E-state index contributed by atoms with van der Waals surface area (Å²) in [6.45, 7) is 3.82. The smallest absolute Gasteiger partial charge is 0.358 e. The number of aromatic nitrogens is 2. The molecule has 0 radical (unpaired) electrons. The zero-order valence-corrected chi connectivity index (χ0v) is 11.9. The summed E-state index contributed by atoms with van der Waals surface area (Å²) >= 11 is 3.35. The van der Waals surface area contributed by atoms with Crippen LogP contribution in [-0.4, -0.2) is 27.2 Å². The third-order valence-corrected chi connectivity index (χ3v) is 3.54. The fourth-order valence-corrected chi connectivity index (χ4v) is 2.14. The monoisotopic (exact) mass is 312 g/mol. The molecule has 96 valence electrons. The van der Waals surface area contributed by atoms with Gasteiger partial charge in [-0.25, -0.2) is 9.78 Å². The highest BCUT2D eigenvalue weighted by Gasteiger charge is 2.23. The van der Waals surface area contributed by atoms with Crippen molar-refractivity contribution in [2.24, 2.45) is 7.05 Å². The molecule has 6 heteroatoms. The van der Waals surface area contributed by atoms with Crippen LogP contribution in [0.15, 0.2) is 10.5 Å². The predicted molar refractivity (Wildman–Crippen MR) is 70.8 cm³/mol. The van der Waals surface area contributed by atoms with Crippen molar-refractivity contribution in [1.82, 2.24) is 9.55 Å². The molecule has 2 heterocycles. The van der Waals surface area contributed by atoms with Gasteiger partial charge in [-0.05, 0) is 35.8 Å². The van der Waals surface area contributed by atoms with Crippen molar-refractivity contribution in [3.63, 3.8) is 0 Å². The maximum atomic E-state index is 11.8. The lowest BCUT2D eigenvalue weighted by Crippen LogP contribution is -2.10. The van der Waals surface area contributed by atoms with Gasteiger partial charge in [0.25, 0.3) is 0 Å². The number of halogens is 1. The molecule has 0 fully saturated rings. The first-order valence-corrected chi connectivity index (χ1v) is 6.28. The van der Waals surface area contributed by atoms with Crippen molar-refractivity contribution in [3.8, 4) is 5.75 Å². The number of carbonyl (C=O) groups is 1. The standard InChI is InChI=1S/C12H13BrN2O3/c1-4-18-12(17)9-10(16)7-5-8(13)6(2)14-11(7)15(9)3/h5,16H,4H2,1-3H3. The number of aromatic hydroxyl groups is 1. The number of fused-ring (bicyclic) bond motifs is 1. The van der Waals surface area contributed by atoms with Gasteiger partial charge in [0.1, 0.15) is 5.65 Å². The Morgan fingerprint density at radius 3 is 2.89 bits per heavy atom. The average Bonchev–Trinajstić information content (AvgIpc) is 2.53. The van der Waals surface area contributed by atoms with E-state index in [2.05, 4.69) is 20.9 Å². The fourth-order valence-electron chi connectivity index (χ4n) is 1.82. The maximum Gasteiger partial charge on any atom is 0.358 e. The summed E-state index contributed by atoms with van der Waals surface area (Å²) < 4.78 is 7.25. The predicted octanol–water partition coefficient (Wildman–Crippen LogP) is 2.53. The zero-order chi connectivity index (χ0) is 13.4. The number of hydrogen-bond donors (Lipinski definition) is 1. The van der Waals surface area contributed by atoms with E-state index in [1.54, 1.807) is 24.6 Å². The molecular formula is C12H13BrN2O3. The zero-order valence-electron chi connectivity index (χ0n) is 10.3. The molecule has 0 saturated carbocycles. The van der Waals surface area contributed by atoms with Gasteiger partial charge in [-0.3, -0.25) is 0 Å². The lowest BCUT2D eigenvalue weighted by Gasteiger charge is -2.03. The highest BCUT2D eigenvalue weighted by Crippen LogP contribution is 2.33. The van der Waals surface area contributed by atoms with Gasteiger partial charge in [0, 0.05) is 11.5 Å². The summed E-state index contributed by atoms with van der Waals surface area (Å²) in [5, 5.41) is 10.6. The van der Waals surface area contributed by atoms with E-state index >= 15 is 0 Å². The third-order valence-electron chi connectivity index (χ3n) is 2.73. The Bertz CT molecular complexity index is 589. The van der Waals surface area contributed by atoms with Gasteiger partial charge in [0.2, 0.25) is 0 Å². The van der Waals surface area contributed by atoms with Crippen LogP contribution in [0.25, 0.3) is 11.0 Å². The molecule has 1 N–H and O–H groups in total. The van der Waals surface area contributed by atoms with Crippen LogP contribution < -0.4 is 0 Å². The van der Waals surface area contributed by atoms with Crippen molar-refractivity contribution in [3.05, 3.63) is 21.9 Å². The van der Waals surface area contributed by atoms with E-state index in [-0.39, 0.29) is 18.1 Å². The third kappa shape index (κ3) is 1.86. The van der Waals surface area contributed by atoms with Crippen molar-refractivity contribution in [2.45, 2.75) is 13.8 Å². The van der Waals surface area contributed by atoms with E-state index in [1.807, 2.05) is 6.92 Å². The van der Waals surface area contributed by atoms with E-state index in [9.17, 15) is 9.90 Å². The largest absolute Gasteiger partial charge is 0.505 e. The molecule has 2 aromatic heterocycles. The minimum absolute atomic E-state index is 0.0980. The first-order valence-electron chi connectivity index (χ1n) is 5.49. The summed E-state index contributed by atoms with van der Waals surface area (Å²) in [5.41, 5.74) is 1.46. The lowest BCUT2D eigenvalue weighted by molar-refractivity contribution is 0.0512. The second-order valence-corrected chi connectivity index (χ2v) is 4.76. The molecular weight excluding hydrogens is 300 g/mol. The number of pyridine rings is 1. The summed E-state index contributed by atoms with van der Waals surface area (Å²) in [6, 6.07) is 1.75. The Hall–Kier alpha value is -1.56. The molecule has 0 spiro atoms. The second-order valence-electron chi connectivity index (χ2n) is 3.90. The quantitative estimate of drug-likeness (QED) is 0.865. The molecule has 2 aromatic rings. The molecule has 0 aliphatic rings. The van der Waals surface area contributed by atoms with Gasteiger partial charge in [0.05, 0.1) is 17.7 Å². The Labute approximate surface area is 113 Å². The van der Waals surface area contributed by atoms with E-state index in [0.29, 0.717) is 11.0 Å². The SMILES string of the molecule is CCOC(=O)c1c(O)c2cc(Br)c(C)nc2n1C. The summed E-state index contributed by atoms with van der Waals surface area (Å²) in [6.07, 6.45) is 0. The molecule has 5 nitrogen and oxygen atoms in total. The molecule has 0 unspecified atom stereocenters. The number of ether oxygens (including phenoxy) is 1. The van der Waals surface area contributed by atoms with E-state index in [4.69, 9.17) is 4.74 Å². The first-order chi connectivity index (χ1) is 8.47. The van der Waals surface area contributed by atoms with E-state index < -0.39 is 5.97 Å². The van der Waals surface area contributed by atoms with Gasteiger partial charge in [-0.2, -0.15) is 0 Å². The number of hydrogen-bond acceptors (Lipinski definition) is 4. The van der Waals surface area contributed by atoms with Crippen LogP contribution >= 0.6 is 15.9 Å². The Kier molecular flexibility index (Phi) is 3.30. The summed E-state index contributed by atoms with van der Waals surface area (Å²) in [7, 11) is 1.68. The molecule has 2 rings (SSSR count). The molecule has 0 aliphatic heterocycles. The van der Waals surface area contributed by atoms with Crippen molar-refractivity contribution in [2.75, 3.05) is 6.61 Å². The lowest BCUT2D eigenvalue weighted by atomic mass is 10.2. The number of aryl methyl sites for hydroxylation is 2. The Morgan fingerprint density at radius 2 is 2.28 bits per heavy atom. The van der Waals surface area contributed by atoms with Gasteiger partial charge in [-0.1, -0.05) is 0 Å². The Balaban J connectivity index is 2.73. The summed E-state index contributed by atoms with van der Waals surface area (Å²) in [4.78, 5) is 16.1. The van der Waals surface area contributed by atoms with Crippen LogP contribution in [0.3, 0.4) is 0 Å². The van der Waals surface area contributed by atoms with Crippen molar-refractivity contribution >= 4 is 32.9 Å². The van der Waals surface area contributed by atoms with Crippen LogP contribution in [0, 0.1) is 6.92 Å². The average molecular weight is 313 g/mol.